The van der Waals surface area contributed by atoms with Crippen molar-refractivity contribution < 1.29 is 14.6 Å². The summed E-state index contributed by atoms with van der Waals surface area (Å²) >= 11 is 0. The fourth-order valence-corrected chi connectivity index (χ4v) is 4.11. The molecule has 0 aliphatic rings. The molecule has 0 bridgehead atoms. The van der Waals surface area contributed by atoms with Gasteiger partial charge in [-0.15, -0.1) is 0 Å². The van der Waals surface area contributed by atoms with Crippen LogP contribution >= 0.6 is 0 Å². The number of methoxy groups -OCH3 is 2. The Hall–Kier alpha value is -4.22. The lowest BCUT2D eigenvalue weighted by Crippen LogP contribution is -1.92. The molecule has 0 amide bonds. The Balaban J connectivity index is 1.54. The Labute approximate surface area is 198 Å². The summed E-state index contributed by atoms with van der Waals surface area (Å²) in [4.78, 5) is 9.08. The molecule has 0 saturated heterocycles. The first-order chi connectivity index (χ1) is 16.7. The van der Waals surface area contributed by atoms with E-state index >= 15 is 0 Å². The van der Waals surface area contributed by atoms with Gasteiger partial charge in [0.1, 0.15) is 6.33 Å². The maximum absolute atomic E-state index is 9.27. The molecule has 0 spiro atoms. The minimum absolute atomic E-state index is 0.0469. The number of fused-ring (bicyclic) bond motifs is 1. The van der Waals surface area contributed by atoms with E-state index in [-0.39, 0.29) is 6.61 Å². The predicted octanol–water partition coefficient (Wildman–Crippen LogP) is 6.14. The molecule has 0 saturated carbocycles. The van der Waals surface area contributed by atoms with Crippen molar-refractivity contribution in [1.82, 2.24) is 9.97 Å². The van der Waals surface area contributed by atoms with Gasteiger partial charge in [0.25, 0.3) is 0 Å². The van der Waals surface area contributed by atoms with Crippen molar-refractivity contribution in [2.75, 3.05) is 14.2 Å². The molecule has 5 aromatic rings. The molecule has 5 rings (SSSR count). The monoisotopic (exact) mass is 448 g/mol. The Morgan fingerprint density at radius 2 is 1.21 bits per heavy atom. The predicted molar refractivity (Wildman–Crippen MR) is 135 cm³/mol. The summed E-state index contributed by atoms with van der Waals surface area (Å²) in [6.45, 7) is 0.0469. The number of rotatable bonds is 6. The van der Waals surface area contributed by atoms with E-state index in [9.17, 15) is 5.11 Å². The lowest BCUT2D eigenvalue weighted by molar-refractivity contribution is 0.282. The third-order valence-electron chi connectivity index (χ3n) is 5.98. The van der Waals surface area contributed by atoms with Crippen LogP contribution < -0.4 is 9.47 Å². The average Bonchev–Trinajstić information content (AvgIpc) is 2.92. The molecule has 1 heterocycles. The van der Waals surface area contributed by atoms with Gasteiger partial charge in [-0.3, -0.25) is 0 Å². The minimum atomic E-state index is 0.0469. The number of hydrogen-bond donors (Lipinski definition) is 1. The first-order valence-electron chi connectivity index (χ1n) is 11.0. The molecule has 34 heavy (non-hydrogen) atoms. The van der Waals surface area contributed by atoms with Gasteiger partial charge in [-0.1, -0.05) is 60.7 Å². The highest BCUT2D eigenvalue weighted by Crippen LogP contribution is 2.35. The van der Waals surface area contributed by atoms with E-state index in [1.165, 1.54) is 0 Å². The van der Waals surface area contributed by atoms with E-state index in [2.05, 4.69) is 46.4 Å². The second-order valence-electron chi connectivity index (χ2n) is 7.96. The maximum atomic E-state index is 9.27. The molecule has 0 aliphatic heterocycles. The van der Waals surface area contributed by atoms with Crippen LogP contribution in [0.1, 0.15) is 5.56 Å². The zero-order chi connectivity index (χ0) is 23.5. The second-order valence-corrected chi connectivity index (χ2v) is 7.96. The third-order valence-corrected chi connectivity index (χ3v) is 5.98. The van der Waals surface area contributed by atoms with Crippen molar-refractivity contribution in [3.8, 4) is 45.0 Å². The third kappa shape index (κ3) is 4.09. The lowest BCUT2D eigenvalue weighted by atomic mass is 9.98. The first kappa shape index (κ1) is 21.6. The minimum Gasteiger partial charge on any atom is -0.493 e. The van der Waals surface area contributed by atoms with E-state index in [1.807, 2.05) is 48.5 Å². The van der Waals surface area contributed by atoms with Crippen LogP contribution in [0.2, 0.25) is 0 Å². The van der Waals surface area contributed by atoms with E-state index in [0.29, 0.717) is 11.5 Å². The Morgan fingerprint density at radius 1 is 0.618 bits per heavy atom. The Morgan fingerprint density at radius 3 is 1.88 bits per heavy atom. The summed E-state index contributed by atoms with van der Waals surface area (Å²) in [5, 5.41) is 10.2. The van der Waals surface area contributed by atoms with Crippen LogP contribution in [0.3, 0.4) is 0 Å². The summed E-state index contributed by atoms with van der Waals surface area (Å²) in [6.07, 6.45) is 1.61. The summed E-state index contributed by atoms with van der Waals surface area (Å²) in [6, 6.07) is 28.4. The van der Waals surface area contributed by atoms with Crippen molar-refractivity contribution >= 4 is 10.9 Å². The van der Waals surface area contributed by atoms with Gasteiger partial charge in [-0.05, 0) is 52.1 Å². The van der Waals surface area contributed by atoms with Crippen LogP contribution in [0.15, 0.2) is 91.3 Å². The molecule has 0 fully saturated rings. The fourth-order valence-electron chi connectivity index (χ4n) is 4.11. The summed E-state index contributed by atoms with van der Waals surface area (Å²) < 4.78 is 10.8. The smallest absolute Gasteiger partial charge is 0.161 e. The van der Waals surface area contributed by atoms with Crippen LogP contribution in [0.4, 0.5) is 0 Å². The van der Waals surface area contributed by atoms with Crippen LogP contribution in [0, 0.1) is 0 Å². The van der Waals surface area contributed by atoms with Crippen LogP contribution in [0.5, 0.6) is 11.5 Å². The average molecular weight is 449 g/mol. The molecule has 5 nitrogen and oxygen atoms in total. The standard InChI is InChI=1S/C29H24N2O3/c1-33-27-14-12-24(16-28(27)34-2)23-11-13-26-25(15-23)29(31-18-30-26)22-9-7-21(8-10-22)20-5-3-19(17-32)4-6-20/h3-16,18,32H,17H2,1-2H3. The number of aliphatic hydroxyl groups excluding tert-OH is 1. The quantitative estimate of drug-likeness (QED) is 0.338. The summed E-state index contributed by atoms with van der Waals surface area (Å²) in [7, 11) is 3.27. The van der Waals surface area contributed by atoms with E-state index < -0.39 is 0 Å². The highest BCUT2D eigenvalue weighted by atomic mass is 16.5. The number of nitrogens with zero attached hydrogens (tertiary/aromatic N) is 2. The fraction of sp³-hybridized carbons (Fsp3) is 0.103. The number of hydrogen-bond acceptors (Lipinski definition) is 5. The van der Waals surface area contributed by atoms with Crippen LogP contribution in [0.25, 0.3) is 44.4 Å². The van der Waals surface area contributed by atoms with E-state index in [0.717, 1.165) is 50.0 Å². The maximum Gasteiger partial charge on any atom is 0.161 e. The van der Waals surface area contributed by atoms with Crippen molar-refractivity contribution in [3.05, 3.63) is 96.8 Å². The van der Waals surface area contributed by atoms with Gasteiger partial charge in [0.2, 0.25) is 0 Å². The van der Waals surface area contributed by atoms with Crippen molar-refractivity contribution in [1.29, 1.82) is 0 Å². The number of aliphatic hydroxyl groups is 1. The van der Waals surface area contributed by atoms with E-state index in [1.54, 1.807) is 20.5 Å². The normalized spacial score (nSPS) is 10.9. The topological polar surface area (TPSA) is 64.5 Å². The Bertz CT molecular complexity index is 1450. The van der Waals surface area contributed by atoms with Crippen LogP contribution in [-0.2, 0) is 6.61 Å². The van der Waals surface area contributed by atoms with Crippen LogP contribution in [-0.4, -0.2) is 29.3 Å². The highest BCUT2D eigenvalue weighted by molar-refractivity contribution is 5.95. The molecule has 168 valence electrons. The largest absolute Gasteiger partial charge is 0.493 e. The van der Waals surface area contributed by atoms with Crippen molar-refractivity contribution in [2.24, 2.45) is 0 Å². The summed E-state index contributed by atoms with van der Waals surface area (Å²) in [5.41, 5.74) is 7.98. The zero-order valence-corrected chi connectivity index (χ0v) is 19.0. The highest BCUT2D eigenvalue weighted by Gasteiger charge is 2.11. The number of aromatic nitrogens is 2. The van der Waals surface area contributed by atoms with Gasteiger partial charge in [0, 0.05) is 10.9 Å². The van der Waals surface area contributed by atoms with Gasteiger partial charge in [0.15, 0.2) is 11.5 Å². The number of ether oxygens (including phenoxy) is 2. The van der Waals surface area contributed by atoms with Gasteiger partial charge in [0.05, 0.1) is 32.0 Å². The van der Waals surface area contributed by atoms with Gasteiger partial charge in [-0.2, -0.15) is 0 Å². The number of benzene rings is 4. The molecular formula is C29H24N2O3. The molecule has 0 aliphatic carbocycles. The molecule has 5 heteroatoms. The van der Waals surface area contributed by atoms with Crippen molar-refractivity contribution in [3.63, 3.8) is 0 Å². The Kier molecular flexibility index (Phi) is 5.93. The van der Waals surface area contributed by atoms with Gasteiger partial charge < -0.3 is 14.6 Å². The SMILES string of the molecule is COc1ccc(-c2ccc3ncnc(-c4ccc(-c5ccc(CO)cc5)cc4)c3c2)cc1OC. The molecule has 0 atom stereocenters. The molecule has 1 aromatic heterocycles. The van der Waals surface area contributed by atoms with Gasteiger partial charge in [-0.25, -0.2) is 9.97 Å². The van der Waals surface area contributed by atoms with Gasteiger partial charge >= 0.3 is 0 Å². The molecular weight excluding hydrogens is 424 g/mol. The molecule has 1 N–H and O–H groups in total. The molecule has 0 unspecified atom stereocenters. The van der Waals surface area contributed by atoms with E-state index in [4.69, 9.17) is 9.47 Å². The van der Waals surface area contributed by atoms with Crippen molar-refractivity contribution in [2.45, 2.75) is 6.61 Å². The first-order valence-corrected chi connectivity index (χ1v) is 11.0. The summed E-state index contributed by atoms with van der Waals surface area (Å²) in [5.74, 6) is 1.38. The zero-order valence-electron chi connectivity index (χ0n) is 19.0. The molecule has 0 radical (unpaired) electrons. The lowest BCUT2D eigenvalue weighted by Gasteiger charge is -2.11. The molecule has 4 aromatic carbocycles. The second kappa shape index (κ2) is 9.33.